The number of hydrogen-bond donors (Lipinski definition) is 0. The van der Waals surface area contributed by atoms with Gasteiger partial charge in [-0.3, -0.25) is 9.59 Å². The van der Waals surface area contributed by atoms with Gasteiger partial charge in [0.2, 0.25) is 0 Å². The maximum absolute atomic E-state index is 13.1. The van der Waals surface area contributed by atoms with Crippen molar-refractivity contribution in [1.29, 1.82) is 0 Å². The minimum atomic E-state index is -4.50. The zero-order valence-electron chi connectivity index (χ0n) is 13.8. The Morgan fingerprint density at radius 3 is 1.41 bits per heavy atom. The van der Waals surface area contributed by atoms with Gasteiger partial charge >= 0.3 is 6.18 Å². The predicted octanol–water partition coefficient (Wildman–Crippen LogP) is 4.52. The molecule has 0 amide bonds. The summed E-state index contributed by atoms with van der Waals surface area (Å²) >= 11 is 0. The maximum Gasteiger partial charge on any atom is 0.416 e. The van der Waals surface area contributed by atoms with Crippen molar-refractivity contribution in [2.45, 2.75) is 6.18 Å². The van der Waals surface area contributed by atoms with E-state index in [0.29, 0.717) is 21.5 Å². The molecule has 0 saturated carbocycles. The minimum absolute atomic E-state index is 0.0875. The lowest BCUT2D eigenvalue weighted by Crippen LogP contribution is -2.28. The van der Waals surface area contributed by atoms with E-state index in [9.17, 15) is 22.8 Å². The van der Waals surface area contributed by atoms with Crippen LogP contribution in [0, 0.1) is 0 Å². The molecular weight excluding hydrogens is 355 g/mol. The molecule has 1 heterocycles. The van der Waals surface area contributed by atoms with Gasteiger partial charge in [-0.1, -0.05) is 36.4 Å². The summed E-state index contributed by atoms with van der Waals surface area (Å²) in [5.74, 6) is 0. The first-order valence-electron chi connectivity index (χ1n) is 8.12. The summed E-state index contributed by atoms with van der Waals surface area (Å²) in [6.07, 6.45) is -4.50. The van der Waals surface area contributed by atoms with Crippen molar-refractivity contribution in [3.8, 4) is 5.69 Å². The highest BCUT2D eigenvalue weighted by atomic mass is 19.4. The molecule has 134 valence electrons. The SMILES string of the molecule is O=c1c2ccccc2c2ccccc2c(=O)n1-c1ccc(C(F)(F)F)cc1. The molecule has 0 spiro atoms. The van der Waals surface area contributed by atoms with E-state index in [1.54, 1.807) is 48.5 Å². The second-order valence-electron chi connectivity index (χ2n) is 6.08. The molecule has 6 heteroatoms. The van der Waals surface area contributed by atoms with Crippen molar-refractivity contribution in [3.63, 3.8) is 0 Å². The largest absolute Gasteiger partial charge is 0.416 e. The zero-order valence-corrected chi connectivity index (χ0v) is 13.8. The van der Waals surface area contributed by atoms with Gasteiger partial charge < -0.3 is 0 Å². The summed E-state index contributed by atoms with van der Waals surface area (Å²) in [6, 6.07) is 17.6. The Bertz CT molecular complexity index is 1220. The molecule has 0 N–H and O–H groups in total. The van der Waals surface area contributed by atoms with Crippen LogP contribution in [0.25, 0.3) is 27.2 Å². The highest BCUT2D eigenvalue weighted by molar-refractivity contribution is 6.05. The fourth-order valence-electron chi connectivity index (χ4n) is 3.18. The number of benzene rings is 3. The third-order valence-corrected chi connectivity index (χ3v) is 4.46. The van der Waals surface area contributed by atoms with Crippen LogP contribution in [0.2, 0.25) is 0 Å². The van der Waals surface area contributed by atoms with E-state index in [1.165, 1.54) is 0 Å². The highest BCUT2D eigenvalue weighted by Gasteiger charge is 2.30. The van der Waals surface area contributed by atoms with Crippen molar-refractivity contribution in [1.82, 2.24) is 4.57 Å². The first kappa shape index (κ1) is 17.0. The number of halogens is 3. The van der Waals surface area contributed by atoms with Crippen LogP contribution in [0.5, 0.6) is 0 Å². The Hall–Kier alpha value is -3.41. The van der Waals surface area contributed by atoms with Crippen LogP contribution in [0.1, 0.15) is 5.56 Å². The van der Waals surface area contributed by atoms with E-state index in [4.69, 9.17) is 0 Å². The van der Waals surface area contributed by atoms with Crippen molar-refractivity contribution in [2.75, 3.05) is 0 Å². The molecule has 1 aromatic heterocycles. The van der Waals surface area contributed by atoms with E-state index >= 15 is 0 Å². The second kappa shape index (κ2) is 6.09. The van der Waals surface area contributed by atoms with Gasteiger partial charge in [-0.05, 0) is 47.2 Å². The summed E-state index contributed by atoms with van der Waals surface area (Å²) in [5, 5.41) is 1.85. The van der Waals surface area contributed by atoms with Gasteiger partial charge in [0, 0.05) is 10.8 Å². The first-order chi connectivity index (χ1) is 12.9. The summed E-state index contributed by atoms with van der Waals surface area (Å²) in [4.78, 5) is 26.2. The normalized spacial score (nSPS) is 11.8. The summed E-state index contributed by atoms with van der Waals surface area (Å²) < 4.78 is 39.4. The molecule has 0 aliphatic heterocycles. The Morgan fingerprint density at radius 2 is 1.00 bits per heavy atom. The van der Waals surface area contributed by atoms with E-state index in [2.05, 4.69) is 0 Å². The Labute approximate surface area is 150 Å². The monoisotopic (exact) mass is 367 g/mol. The number of nitrogens with zero attached hydrogens (tertiary/aromatic N) is 1. The van der Waals surface area contributed by atoms with E-state index in [0.717, 1.165) is 28.8 Å². The molecule has 0 unspecified atom stereocenters. The molecule has 0 aliphatic rings. The summed E-state index contributed by atoms with van der Waals surface area (Å²) in [6.45, 7) is 0. The van der Waals surface area contributed by atoms with Crippen LogP contribution >= 0.6 is 0 Å². The number of aromatic nitrogens is 1. The lowest BCUT2D eigenvalue weighted by atomic mass is 10.1. The van der Waals surface area contributed by atoms with Crippen LogP contribution in [0.15, 0.2) is 82.4 Å². The van der Waals surface area contributed by atoms with Crippen LogP contribution in [0.3, 0.4) is 0 Å². The Balaban J connectivity index is 2.15. The van der Waals surface area contributed by atoms with Gasteiger partial charge in [-0.2, -0.15) is 13.2 Å². The Kier molecular flexibility index (Phi) is 3.84. The number of hydrogen-bond acceptors (Lipinski definition) is 2. The Morgan fingerprint density at radius 1 is 0.593 bits per heavy atom. The maximum atomic E-state index is 13.1. The fourth-order valence-corrected chi connectivity index (χ4v) is 3.18. The van der Waals surface area contributed by atoms with E-state index in [-0.39, 0.29) is 5.69 Å². The topological polar surface area (TPSA) is 39.1 Å². The third kappa shape index (κ3) is 2.79. The van der Waals surface area contributed by atoms with Crippen molar-refractivity contribution in [2.24, 2.45) is 0 Å². The van der Waals surface area contributed by atoms with Crippen molar-refractivity contribution < 1.29 is 13.2 Å². The van der Waals surface area contributed by atoms with Crippen molar-refractivity contribution in [3.05, 3.63) is 99.1 Å². The van der Waals surface area contributed by atoms with Crippen LogP contribution < -0.4 is 11.1 Å². The third-order valence-electron chi connectivity index (χ3n) is 4.46. The van der Waals surface area contributed by atoms with Gasteiger partial charge in [-0.15, -0.1) is 0 Å². The average Bonchev–Trinajstić information content (AvgIpc) is 2.76. The van der Waals surface area contributed by atoms with E-state index < -0.39 is 22.9 Å². The lowest BCUT2D eigenvalue weighted by molar-refractivity contribution is -0.137. The van der Waals surface area contributed by atoms with Gasteiger partial charge in [-0.25, -0.2) is 4.57 Å². The standard InChI is InChI=1S/C21H12F3NO2/c22-21(23,24)13-9-11-14(12-10-13)25-19(26)17-7-3-1-5-15(17)16-6-2-4-8-18(16)20(25)27/h1-12H. The molecule has 0 saturated heterocycles. The minimum Gasteiger partial charge on any atom is -0.268 e. The molecule has 0 radical (unpaired) electrons. The van der Waals surface area contributed by atoms with Gasteiger partial charge in [0.15, 0.2) is 0 Å². The zero-order chi connectivity index (χ0) is 19.2. The molecule has 0 fully saturated rings. The van der Waals surface area contributed by atoms with Crippen LogP contribution in [-0.2, 0) is 6.18 Å². The molecule has 4 aromatic rings. The number of fused-ring (bicyclic) bond motifs is 3. The highest BCUT2D eigenvalue weighted by Crippen LogP contribution is 2.29. The van der Waals surface area contributed by atoms with Crippen LogP contribution in [0.4, 0.5) is 13.2 Å². The lowest BCUT2D eigenvalue weighted by Gasteiger charge is -2.08. The van der Waals surface area contributed by atoms with Gasteiger partial charge in [0.05, 0.1) is 11.3 Å². The molecule has 0 bridgehead atoms. The smallest absolute Gasteiger partial charge is 0.268 e. The molecule has 0 atom stereocenters. The number of alkyl halides is 3. The molecule has 4 rings (SSSR count). The molecule has 3 nitrogen and oxygen atoms in total. The average molecular weight is 367 g/mol. The predicted molar refractivity (Wildman–Crippen MR) is 98.3 cm³/mol. The van der Waals surface area contributed by atoms with Crippen molar-refractivity contribution >= 4 is 21.5 Å². The molecule has 27 heavy (non-hydrogen) atoms. The second-order valence-corrected chi connectivity index (χ2v) is 6.08. The fraction of sp³-hybridized carbons (Fsp3) is 0.0476. The molecular formula is C21H12F3NO2. The number of rotatable bonds is 1. The summed E-state index contributed by atoms with van der Waals surface area (Å²) in [7, 11) is 0. The molecule has 3 aromatic carbocycles. The first-order valence-corrected chi connectivity index (χ1v) is 8.12. The van der Waals surface area contributed by atoms with Gasteiger partial charge in [0.1, 0.15) is 0 Å². The van der Waals surface area contributed by atoms with Crippen LogP contribution in [-0.4, -0.2) is 4.57 Å². The quantitative estimate of drug-likeness (QED) is 0.496. The van der Waals surface area contributed by atoms with Gasteiger partial charge in [0.25, 0.3) is 11.1 Å². The molecule has 0 aliphatic carbocycles. The van der Waals surface area contributed by atoms with E-state index in [1.807, 2.05) is 0 Å². The summed E-state index contributed by atoms with van der Waals surface area (Å²) in [5.41, 5.74) is -1.91.